The molecule has 0 aliphatic rings. The fraction of sp³-hybridized carbons (Fsp3) is 0.176. The van der Waals surface area contributed by atoms with Crippen molar-refractivity contribution >= 4 is 11.0 Å². The zero-order valence-corrected chi connectivity index (χ0v) is 11.0. The number of para-hydroxylation sites is 1. The summed E-state index contributed by atoms with van der Waals surface area (Å²) in [5.41, 5.74) is 4.83. The van der Waals surface area contributed by atoms with Crippen LogP contribution in [-0.2, 0) is 13.0 Å². The highest BCUT2D eigenvalue weighted by Crippen LogP contribution is 2.23. The number of nitrogens with one attached hydrogen (secondary N) is 1. The Morgan fingerprint density at radius 2 is 1.68 bits per heavy atom. The molecular formula is C17H17NO. The summed E-state index contributed by atoms with van der Waals surface area (Å²) in [5, 5.41) is 4.37. The number of benzene rings is 2. The van der Waals surface area contributed by atoms with Crippen LogP contribution in [0, 0.1) is 0 Å². The first-order chi connectivity index (χ1) is 9.36. The van der Waals surface area contributed by atoms with Crippen LogP contribution in [0.25, 0.3) is 11.0 Å². The van der Waals surface area contributed by atoms with Crippen molar-refractivity contribution in [3.05, 3.63) is 71.5 Å². The highest BCUT2D eigenvalue weighted by molar-refractivity contribution is 5.81. The molecule has 0 aliphatic carbocycles. The molecule has 2 heteroatoms. The molecule has 0 bridgehead atoms. The molecule has 0 spiro atoms. The third kappa shape index (κ3) is 2.54. The van der Waals surface area contributed by atoms with Crippen molar-refractivity contribution in [2.24, 2.45) is 0 Å². The summed E-state index contributed by atoms with van der Waals surface area (Å²) in [6, 6.07) is 16.9. The van der Waals surface area contributed by atoms with E-state index >= 15 is 0 Å². The molecule has 0 unspecified atom stereocenters. The molecule has 0 fully saturated rings. The Kier molecular flexibility index (Phi) is 3.34. The van der Waals surface area contributed by atoms with Gasteiger partial charge in [-0.15, -0.1) is 0 Å². The van der Waals surface area contributed by atoms with E-state index in [-0.39, 0.29) is 0 Å². The first kappa shape index (κ1) is 12.0. The summed E-state index contributed by atoms with van der Waals surface area (Å²) in [7, 11) is 1.96. The molecule has 0 saturated heterocycles. The lowest BCUT2D eigenvalue weighted by molar-refractivity contribution is 0.611. The molecule has 0 aliphatic heterocycles. The van der Waals surface area contributed by atoms with Gasteiger partial charge in [-0.25, -0.2) is 0 Å². The van der Waals surface area contributed by atoms with Crippen LogP contribution < -0.4 is 5.32 Å². The van der Waals surface area contributed by atoms with E-state index in [0.29, 0.717) is 0 Å². The fourth-order valence-corrected chi connectivity index (χ4v) is 2.37. The zero-order valence-electron chi connectivity index (χ0n) is 11.0. The number of fused-ring (bicyclic) bond motifs is 1. The van der Waals surface area contributed by atoms with Crippen LogP contribution in [0.3, 0.4) is 0 Å². The largest absolute Gasteiger partial charge is 0.464 e. The molecule has 0 saturated carbocycles. The van der Waals surface area contributed by atoms with Gasteiger partial charge in [0.2, 0.25) is 0 Å². The molecule has 0 atom stereocenters. The topological polar surface area (TPSA) is 25.2 Å². The van der Waals surface area contributed by atoms with Crippen molar-refractivity contribution in [1.29, 1.82) is 0 Å². The number of hydrogen-bond donors (Lipinski definition) is 1. The van der Waals surface area contributed by atoms with E-state index in [1.807, 2.05) is 25.4 Å². The second-order valence-electron chi connectivity index (χ2n) is 4.78. The van der Waals surface area contributed by atoms with Gasteiger partial charge in [0.05, 0.1) is 6.26 Å². The Morgan fingerprint density at radius 1 is 0.947 bits per heavy atom. The molecule has 0 amide bonds. The van der Waals surface area contributed by atoms with E-state index in [0.717, 1.165) is 18.5 Å². The molecular weight excluding hydrogens is 234 g/mol. The van der Waals surface area contributed by atoms with E-state index in [1.165, 1.54) is 22.1 Å². The summed E-state index contributed by atoms with van der Waals surface area (Å²) < 4.78 is 5.57. The Hall–Kier alpha value is -2.06. The molecule has 3 aromatic rings. The van der Waals surface area contributed by atoms with Gasteiger partial charge in [-0.05, 0) is 24.2 Å². The van der Waals surface area contributed by atoms with Crippen LogP contribution in [0.15, 0.2) is 59.2 Å². The lowest BCUT2D eigenvalue weighted by Gasteiger charge is -2.03. The summed E-state index contributed by atoms with van der Waals surface area (Å²) in [6.45, 7) is 0.912. The van der Waals surface area contributed by atoms with Crippen LogP contribution in [0.4, 0.5) is 0 Å². The van der Waals surface area contributed by atoms with Gasteiger partial charge in [0.15, 0.2) is 0 Å². The van der Waals surface area contributed by atoms with E-state index in [9.17, 15) is 0 Å². The molecule has 19 heavy (non-hydrogen) atoms. The molecule has 1 N–H and O–H groups in total. The van der Waals surface area contributed by atoms with Crippen LogP contribution in [0.1, 0.15) is 16.7 Å². The smallest absolute Gasteiger partial charge is 0.134 e. The quantitative estimate of drug-likeness (QED) is 0.764. The van der Waals surface area contributed by atoms with Gasteiger partial charge >= 0.3 is 0 Å². The number of furan rings is 1. The van der Waals surface area contributed by atoms with Gasteiger partial charge in [-0.3, -0.25) is 0 Å². The summed E-state index contributed by atoms with van der Waals surface area (Å²) in [5.74, 6) is 0. The monoisotopic (exact) mass is 251 g/mol. The minimum atomic E-state index is 0.912. The minimum absolute atomic E-state index is 0.912. The maximum absolute atomic E-state index is 5.57. The average Bonchev–Trinajstić information content (AvgIpc) is 2.85. The second kappa shape index (κ2) is 5.29. The Bertz CT molecular complexity index is 667. The number of hydrogen-bond acceptors (Lipinski definition) is 2. The van der Waals surface area contributed by atoms with Crippen LogP contribution in [0.2, 0.25) is 0 Å². The van der Waals surface area contributed by atoms with Gasteiger partial charge in [0, 0.05) is 23.9 Å². The maximum Gasteiger partial charge on any atom is 0.134 e. The zero-order chi connectivity index (χ0) is 13.1. The molecule has 1 aromatic heterocycles. The summed E-state index contributed by atoms with van der Waals surface area (Å²) >= 11 is 0. The molecule has 2 nitrogen and oxygen atoms in total. The molecule has 1 heterocycles. The van der Waals surface area contributed by atoms with Gasteiger partial charge < -0.3 is 9.73 Å². The van der Waals surface area contributed by atoms with Crippen molar-refractivity contribution in [2.75, 3.05) is 7.05 Å². The Balaban J connectivity index is 1.84. The lowest BCUT2D eigenvalue weighted by atomic mass is 10.0. The average molecular weight is 251 g/mol. The van der Waals surface area contributed by atoms with Gasteiger partial charge in [-0.2, -0.15) is 0 Å². The summed E-state index contributed by atoms with van der Waals surface area (Å²) in [4.78, 5) is 0. The SMILES string of the molecule is CNCc1ccc(Cc2coc3ccccc23)cc1. The van der Waals surface area contributed by atoms with E-state index in [1.54, 1.807) is 0 Å². The highest BCUT2D eigenvalue weighted by Gasteiger charge is 2.05. The van der Waals surface area contributed by atoms with Crippen LogP contribution in [0.5, 0.6) is 0 Å². The van der Waals surface area contributed by atoms with E-state index < -0.39 is 0 Å². The predicted molar refractivity (Wildman–Crippen MR) is 78.2 cm³/mol. The minimum Gasteiger partial charge on any atom is -0.464 e. The van der Waals surface area contributed by atoms with Crippen molar-refractivity contribution in [2.45, 2.75) is 13.0 Å². The Morgan fingerprint density at radius 3 is 2.47 bits per heavy atom. The van der Waals surface area contributed by atoms with E-state index in [4.69, 9.17) is 4.42 Å². The first-order valence-electron chi connectivity index (χ1n) is 6.54. The van der Waals surface area contributed by atoms with Gasteiger partial charge in [0.1, 0.15) is 5.58 Å². The van der Waals surface area contributed by atoms with Crippen molar-refractivity contribution in [3.63, 3.8) is 0 Å². The maximum atomic E-state index is 5.57. The lowest BCUT2D eigenvalue weighted by Crippen LogP contribution is -2.04. The summed E-state index contributed by atoms with van der Waals surface area (Å²) in [6.07, 6.45) is 2.78. The van der Waals surface area contributed by atoms with Crippen LogP contribution in [-0.4, -0.2) is 7.05 Å². The third-order valence-corrected chi connectivity index (χ3v) is 3.36. The van der Waals surface area contributed by atoms with Crippen molar-refractivity contribution < 1.29 is 4.42 Å². The Labute approximate surface area is 113 Å². The second-order valence-corrected chi connectivity index (χ2v) is 4.78. The molecule has 3 rings (SSSR count). The van der Waals surface area contributed by atoms with Gasteiger partial charge in [-0.1, -0.05) is 42.5 Å². The molecule has 2 aromatic carbocycles. The normalized spacial score (nSPS) is 11.0. The number of rotatable bonds is 4. The van der Waals surface area contributed by atoms with Crippen molar-refractivity contribution in [3.8, 4) is 0 Å². The van der Waals surface area contributed by atoms with Crippen molar-refractivity contribution in [1.82, 2.24) is 5.32 Å². The third-order valence-electron chi connectivity index (χ3n) is 3.36. The van der Waals surface area contributed by atoms with Gasteiger partial charge in [0.25, 0.3) is 0 Å². The first-order valence-corrected chi connectivity index (χ1v) is 6.54. The predicted octanol–water partition coefficient (Wildman–Crippen LogP) is 3.74. The van der Waals surface area contributed by atoms with E-state index in [2.05, 4.69) is 41.7 Å². The highest BCUT2D eigenvalue weighted by atomic mass is 16.3. The molecule has 96 valence electrons. The fourth-order valence-electron chi connectivity index (χ4n) is 2.37. The van der Waals surface area contributed by atoms with Crippen LogP contribution >= 0.6 is 0 Å². The standard InChI is InChI=1S/C17H17NO/c1-18-11-14-8-6-13(7-9-14)10-15-12-19-17-5-3-2-4-16(15)17/h2-9,12,18H,10-11H2,1H3. The molecule has 0 radical (unpaired) electrons.